The summed E-state index contributed by atoms with van der Waals surface area (Å²) in [5.41, 5.74) is 0.278. The SMILES string of the molecule is COC(COC(=O)[C@@H](NC(=O)NC(C)(C)C)C(C)C)c1ccc(F)cc1. The third kappa shape index (κ3) is 7.39. The standard InChI is InChI=1S/C19H29FN2O4/c1-12(2)16(21-18(24)22-19(3,4)5)17(23)26-11-15(25-6)13-7-9-14(20)10-8-13/h7-10,12,15-16H,11H2,1-6H3,(H2,21,22,24)/t15?,16-/m0/s1. The van der Waals surface area contributed by atoms with Crippen LogP contribution in [0.1, 0.15) is 46.3 Å². The second-order valence-corrected chi connectivity index (χ2v) is 7.48. The molecule has 0 aliphatic heterocycles. The monoisotopic (exact) mass is 368 g/mol. The van der Waals surface area contributed by atoms with Crippen LogP contribution in [-0.4, -0.2) is 37.3 Å². The molecule has 0 aliphatic rings. The van der Waals surface area contributed by atoms with E-state index in [1.165, 1.54) is 19.2 Å². The fourth-order valence-electron chi connectivity index (χ4n) is 2.24. The van der Waals surface area contributed by atoms with Gasteiger partial charge in [0.2, 0.25) is 0 Å². The van der Waals surface area contributed by atoms with Gasteiger partial charge in [0.05, 0.1) is 0 Å². The zero-order chi connectivity index (χ0) is 19.9. The zero-order valence-electron chi connectivity index (χ0n) is 16.3. The summed E-state index contributed by atoms with van der Waals surface area (Å²) < 4.78 is 23.7. The summed E-state index contributed by atoms with van der Waals surface area (Å²) >= 11 is 0. The van der Waals surface area contributed by atoms with Crippen LogP contribution in [0.2, 0.25) is 0 Å². The van der Waals surface area contributed by atoms with Crippen molar-refractivity contribution in [3.8, 4) is 0 Å². The molecule has 1 unspecified atom stereocenters. The van der Waals surface area contributed by atoms with E-state index in [-0.39, 0.29) is 18.3 Å². The number of halogens is 1. The number of ether oxygens (including phenoxy) is 2. The van der Waals surface area contributed by atoms with Gasteiger partial charge in [0.15, 0.2) is 0 Å². The van der Waals surface area contributed by atoms with Crippen molar-refractivity contribution >= 4 is 12.0 Å². The Morgan fingerprint density at radius 1 is 1.15 bits per heavy atom. The number of carbonyl (C=O) groups is 2. The predicted molar refractivity (Wildman–Crippen MR) is 97.2 cm³/mol. The molecule has 2 atom stereocenters. The summed E-state index contributed by atoms with van der Waals surface area (Å²) in [4.78, 5) is 24.4. The minimum absolute atomic E-state index is 0.0350. The highest BCUT2D eigenvalue weighted by Crippen LogP contribution is 2.18. The van der Waals surface area contributed by atoms with Crippen LogP contribution in [0.5, 0.6) is 0 Å². The van der Waals surface area contributed by atoms with Gasteiger partial charge < -0.3 is 20.1 Å². The Morgan fingerprint density at radius 3 is 2.19 bits per heavy atom. The van der Waals surface area contributed by atoms with Gasteiger partial charge in [-0.25, -0.2) is 14.0 Å². The first-order valence-corrected chi connectivity index (χ1v) is 8.57. The van der Waals surface area contributed by atoms with Gasteiger partial charge in [-0.05, 0) is 44.4 Å². The maximum Gasteiger partial charge on any atom is 0.329 e. The fraction of sp³-hybridized carbons (Fsp3) is 0.579. The summed E-state index contributed by atoms with van der Waals surface area (Å²) in [7, 11) is 1.48. The number of amides is 2. The first-order valence-electron chi connectivity index (χ1n) is 8.57. The Kier molecular flexibility index (Phi) is 8.02. The van der Waals surface area contributed by atoms with Crippen LogP contribution in [0.15, 0.2) is 24.3 Å². The molecule has 0 saturated carbocycles. The van der Waals surface area contributed by atoms with Crippen molar-refractivity contribution in [2.75, 3.05) is 13.7 Å². The van der Waals surface area contributed by atoms with Crippen molar-refractivity contribution in [3.05, 3.63) is 35.6 Å². The summed E-state index contributed by atoms with van der Waals surface area (Å²) in [5.74, 6) is -1.05. The minimum Gasteiger partial charge on any atom is -0.461 e. The first-order chi connectivity index (χ1) is 12.0. The van der Waals surface area contributed by atoms with E-state index in [1.807, 2.05) is 34.6 Å². The molecule has 0 aromatic heterocycles. The van der Waals surface area contributed by atoms with Crippen LogP contribution in [0.3, 0.4) is 0 Å². The van der Waals surface area contributed by atoms with E-state index >= 15 is 0 Å². The van der Waals surface area contributed by atoms with Crippen LogP contribution in [0.25, 0.3) is 0 Å². The molecular formula is C19H29FN2O4. The topological polar surface area (TPSA) is 76.7 Å². The van der Waals surface area contributed by atoms with Gasteiger partial charge >= 0.3 is 12.0 Å². The molecule has 0 heterocycles. The van der Waals surface area contributed by atoms with E-state index < -0.39 is 29.7 Å². The van der Waals surface area contributed by atoms with Crippen LogP contribution >= 0.6 is 0 Å². The van der Waals surface area contributed by atoms with Gasteiger partial charge in [-0.1, -0.05) is 26.0 Å². The molecule has 6 nitrogen and oxygen atoms in total. The molecule has 26 heavy (non-hydrogen) atoms. The van der Waals surface area contributed by atoms with Crippen LogP contribution in [-0.2, 0) is 14.3 Å². The molecule has 146 valence electrons. The molecule has 1 aromatic carbocycles. The summed E-state index contributed by atoms with van der Waals surface area (Å²) in [6, 6.07) is 4.56. The normalized spacial score (nSPS) is 13.8. The number of methoxy groups -OCH3 is 1. The van der Waals surface area contributed by atoms with E-state index in [0.29, 0.717) is 5.56 Å². The van der Waals surface area contributed by atoms with E-state index in [0.717, 1.165) is 0 Å². The average Bonchev–Trinajstić information content (AvgIpc) is 2.52. The van der Waals surface area contributed by atoms with Crippen molar-refractivity contribution in [1.29, 1.82) is 0 Å². The highest BCUT2D eigenvalue weighted by atomic mass is 19.1. The van der Waals surface area contributed by atoms with Crippen molar-refractivity contribution in [2.24, 2.45) is 5.92 Å². The maximum absolute atomic E-state index is 13.0. The number of urea groups is 1. The molecule has 2 N–H and O–H groups in total. The molecule has 1 aromatic rings. The predicted octanol–water partition coefficient (Wildman–Crippen LogP) is 3.18. The number of rotatable bonds is 7. The zero-order valence-corrected chi connectivity index (χ0v) is 16.3. The van der Waals surface area contributed by atoms with E-state index in [9.17, 15) is 14.0 Å². The highest BCUT2D eigenvalue weighted by molar-refractivity contribution is 5.84. The third-order valence-electron chi connectivity index (χ3n) is 3.60. The lowest BCUT2D eigenvalue weighted by Crippen LogP contribution is -2.53. The summed E-state index contributed by atoms with van der Waals surface area (Å²) in [6.07, 6.45) is -0.518. The molecule has 0 spiro atoms. The first kappa shape index (κ1) is 21.9. The number of hydrogen-bond acceptors (Lipinski definition) is 4. The van der Waals surface area contributed by atoms with Crippen LogP contribution in [0.4, 0.5) is 9.18 Å². The smallest absolute Gasteiger partial charge is 0.329 e. The molecule has 1 rings (SSSR count). The van der Waals surface area contributed by atoms with Crippen molar-refractivity contribution in [3.63, 3.8) is 0 Å². The fourth-order valence-corrected chi connectivity index (χ4v) is 2.24. The number of hydrogen-bond donors (Lipinski definition) is 2. The van der Waals surface area contributed by atoms with E-state index in [1.54, 1.807) is 12.1 Å². The van der Waals surface area contributed by atoms with Gasteiger partial charge in [-0.15, -0.1) is 0 Å². The number of benzene rings is 1. The molecule has 7 heteroatoms. The largest absolute Gasteiger partial charge is 0.461 e. The minimum atomic E-state index is -0.789. The number of carbonyl (C=O) groups excluding carboxylic acids is 2. The molecular weight excluding hydrogens is 339 g/mol. The molecule has 0 fully saturated rings. The van der Waals surface area contributed by atoms with Gasteiger partial charge in [0.1, 0.15) is 24.6 Å². The molecule has 0 radical (unpaired) electrons. The van der Waals surface area contributed by atoms with Crippen molar-refractivity contribution in [1.82, 2.24) is 10.6 Å². The van der Waals surface area contributed by atoms with E-state index in [4.69, 9.17) is 9.47 Å². The Balaban J connectivity index is 2.68. The number of nitrogens with one attached hydrogen (secondary N) is 2. The Labute approximate surface area is 154 Å². The lowest BCUT2D eigenvalue weighted by atomic mass is 10.0. The third-order valence-corrected chi connectivity index (χ3v) is 3.60. The summed E-state index contributed by atoms with van der Waals surface area (Å²) in [6.45, 7) is 9.14. The van der Waals surface area contributed by atoms with Crippen LogP contribution < -0.4 is 10.6 Å². The number of esters is 1. The average molecular weight is 368 g/mol. The van der Waals surface area contributed by atoms with Crippen molar-refractivity contribution < 1.29 is 23.5 Å². The molecule has 0 bridgehead atoms. The van der Waals surface area contributed by atoms with Gasteiger partial charge in [0.25, 0.3) is 0 Å². The Morgan fingerprint density at radius 2 is 1.73 bits per heavy atom. The van der Waals surface area contributed by atoms with Gasteiger partial charge in [-0.3, -0.25) is 0 Å². The molecule has 2 amide bonds. The second kappa shape index (κ2) is 9.52. The van der Waals surface area contributed by atoms with Crippen LogP contribution in [0, 0.1) is 11.7 Å². The highest BCUT2D eigenvalue weighted by Gasteiger charge is 2.28. The molecule has 0 aliphatic carbocycles. The lowest BCUT2D eigenvalue weighted by molar-refractivity contribution is -0.150. The van der Waals surface area contributed by atoms with Crippen molar-refractivity contribution in [2.45, 2.75) is 52.3 Å². The maximum atomic E-state index is 13.0. The van der Waals surface area contributed by atoms with Gasteiger partial charge in [0, 0.05) is 12.6 Å². The lowest BCUT2D eigenvalue weighted by Gasteiger charge is -2.26. The second-order valence-electron chi connectivity index (χ2n) is 7.48. The Bertz CT molecular complexity index is 597. The quantitative estimate of drug-likeness (QED) is 0.725. The molecule has 0 saturated heterocycles. The summed E-state index contributed by atoms with van der Waals surface area (Å²) in [5, 5.41) is 5.40. The van der Waals surface area contributed by atoms with E-state index in [2.05, 4.69) is 10.6 Å². The Hall–Kier alpha value is -2.15. The van der Waals surface area contributed by atoms with Gasteiger partial charge in [-0.2, -0.15) is 0 Å².